The van der Waals surface area contributed by atoms with Crippen molar-refractivity contribution in [3.63, 3.8) is 0 Å². The molecule has 62 valence electrons. The molecule has 0 radical (unpaired) electrons. The summed E-state index contributed by atoms with van der Waals surface area (Å²) in [5.41, 5.74) is 1.07. The molecule has 2 heteroatoms. The SMILES string of the molecule is Clc1ccccc1C1CC=CO1. The molecule has 12 heavy (non-hydrogen) atoms. The molecule has 0 fully saturated rings. The van der Waals surface area contributed by atoms with E-state index in [0.29, 0.717) is 0 Å². The highest BCUT2D eigenvalue weighted by Gasteiger charge is 2.15. The van der Waals surface area contributed by atoms with E-state index < -0.39 is 0 Å². The zero-order valence-electron chi connectivity index (χ0n) is 6.53. The summed E-state index contributed by atoms with van der Waals surface area (Å²) in [7, 11) is 0. The number of rotatable bonds is 1. The topological polar surface area (TPSA) is 9.23 Å². The maximum Gasteiger partial charge on any atom is 0.128 e. The Morgan fingerprint density at radius 2 is 2.17 bits per heavy atom. The Balaban J connectivity index is 2.27. The molecular formula is C10H9ClO. The minimum atomic E-state index is 0.124. The average Bonchev–Trinajstić information content (AvgIpc) is 2.57. The van der Waals surface area contributed by atoms with Gasteiger partial charge >= 0.3 is 0 Å². The zero-order valence-corrected chi connectivity index (χ0v) is 7.29. The summed E-state index contributed by atoms with van der Waals surface area (Å²) in [6, 6.07) is 7.79. The van der Waals surface area contributed by atoms with Gasteiger partial charge in [-0.3, -0.25) is 0 Å². The zero-order chi connectivity index (χ0) is 8.39. The van der Waals surface area contributed by atoms with Gasteiger partial charge in [0.1, 0.15) is 6.10 Å². The van der Waals surface area contributed by atoms with E-state index >= 15 is 0 Å². The smallest absolute Gasteiger partial charge is 0.128 e. The standard InChI is InChI=1S/C10H9ClO/c11-9-5-2-1-4-8(9)10-6-3-7-12-10/h1-5,7,10H,6H2. The molecule has 0 N–H and O–H groups in total. The lowest BCUT2D eigenvalue weighted by molar-refractivity contribution is 0.173. The third kappa shape index (κ3) is 1.32. The van der Waals surface area contributed by atoms with Gasteiger partial charge in [-0.25, -0.2) is 0 Å². The fourth-order valence-corrected chi connectivity index (χ4v) is 1.58. The summed E-state index contributed by atoms with van der Waals surface area (Å²) >= 11 is 6.00. The number of hydrogen-bond acceptors (Lipinski definition) is 1. The maximum absolute atomic E-state index is 6.00. The van der Waals surface area contributed by atoms with Crippen molar-refractivity contribution in [2.45, 2.75) is 12.5 Å². The van der Waals surface area contributed by atoms with E-state index in [9.17, 15) is 0 Å². The molecule has 1 aliphatic heterocycles. The molecule has 1 aliphatic rings. The predicted octanol–water partition coefficient (Wildman–Crippen LogP) is 3.32. The van der Waals surface area contributed by atoms with Crippen LogP contribution in [0.4, 0.5) is 0 Å². The Hall–Kier alpha value is -0.950. The van der Waals surface area contributed by atoms with Crippen molar-refractivity contribution in [3.8, 4) is 0 Å². The fraction of sp³-hybridized carbons (Fsp3) is 0.200. The Bertz CT molecular complexity index is 298. The van der Waals surface area contributed by atoms with Crippen molar-refractivity contribution in [1.82, 2.24) is 0 Å². The average molecular weight is 181 g/mol. The van der Waals surface area contributed by atoms with E-state index in [1.807, 2.05) is 30.3 Å². The van der Waals surface area contributed by atoms with Crippen molar-refractivity contribution in [2.75, 3.05) is 0 Å². The molecule has 0 saturated heterocycles. The molecule has 0 aliphatic carbocycles. The van der Waals surface area contributed by atoms with Gasteiger partial charge in [-0.1, -0.05) is 29.8 Å². The Morgan fingerprint density at radius 3 is 2.83 bits per heavy atom. The molecule has 1 aromatic carbocycles. The molecule has 0 aromatic heterocycles. The Morgan fingerprint density at radius 1 is 1.33 bits per heavy atom. The van der Waals surface area contributed by atoms with Gasteiger partial charge in [0, 0.05) is 17.0 Å². The second-order valence-corrected chi connectivity index (χ2v) is 3.16. The third-order valence-corrected chi connectivity index (χ3v) is 2.29. The minimum absolute atomic E-state index is 0.124. The van der Waals surface area contributed by atoms with Crippen molar-refractivity contribution in [1.29, 1.82) is 0 Å². The summed E-state index contributed by atoms with van der Waals surface area (Å²) in [5, 5.41) is 0.784. The van der Waals surface area contributed by atoms with Gasteiger partial charge in [0.15, 0.2) is 0 Å². The van der Waals surface area contributed by atoms with Crippen LogP contribution in [-0.4, -0.2) is 0 Å². The van der Waals surface area contributed by atoms with Crippen LogP contribution >= 0.6 is 11.6 Å². The summed E-state index contributed by atoms with van der Waals surface area (Å²) in [6.07, 6.45) is 4.78. The fourth-order valence-electron chi connectivity index (χ4n) is 1.32. The maximum atomic E-state index is 6.00. The molecule has 1 atom stereocenters. The first-order valence-electron chi connectivity index (χ1n) is 3.93. The highest BCUT2D eigenvalue weighted by Crippen LogP contribution is 2.31. The lowest BCUT2D eigenvalue weighted by Crippen LogP contribution is -1.95. The van der Waals surface area contributed by atoms with Crippen molar-refractivity contribution in [3.05, 3.63) is 47.2 Å². The van der Waals surface area contributed by atoms with E-state index in [-0.39, 0.29) is 6.10 Å². The molecule has 0 saturated carbocycles. The van der Waals surface area contributed by atoms with Crippen LogP contribution < -0.4 is 0 Å². The van der Waals surface area contributed by atoms with Gasteiger partial charge in [0.05, 0.1) is 6.26 Å². The molecule has 1 aromatic rings. The Kier molecular flexibility index (Phi) is 2.05. The molecule has 1 nitrogen and oxygen atoms in total. The van der Waals surface area contributed by atoms with Crippen LogP contribution in [0.5, 0.6) is 0 Å². The number of ether oxygens (including phenoxy) is 1. The van der Waals surface area contributed by atoms with Crippen LogP contribution in [0, 0.1) is 0 Å². The highest BCUT2D eigenvalue weighted by atomic mass is 35.5. The summed E-state index contributed by atoms with van der Waals surface area (Å²) in [4.78, 5) is 0. The van der Waals surface area contributed by atoms with E-state index in [0.717, 1.165) is 17.0 Å². The van der Waals surface area contributed by atoms with Crippen LogP contribution in [0.2, 0.25) is 5.02 Å². The van der Waals surface area contributed by atoms with Crippen LogP contribution in [0.15, 0.2) is 36.6 Å². The number of benzene rings is 1. The van der Waals surface area contributed by atoms with Gasteiger partial charge in [0.25, 0.3) is 0 Å². The van der Waals surface area contributed by atoms with E-state index in [4.69, 9.17) is 16.3 Å². The first kappa shape index (κ1) is 7.69. The van der Waals surface area contributed by atoms with Crippen molar-refractivity contribution in [2.24, 2.45) is 0 Å². The third-order valence-electron chi connectivity index (χ3n) is 1.94. The molecule has 1 unspecified atom stereocenters. The summed E-state index contributed by atoms with van der Waals surface area (Å²) in [6.45, 7) is 0. The molecule has 1 heterocycles. The van der Waals surface area contributed by atoms with Crippen LogP contribution in [0.3, 0.4) is 0 Å². The largest absolute Gasteiger partial charge is 0.493 e. The van der Waals surface area contributed by atoms with Crippen molar-refractivity contribution >= 4 is 11.6 Å². The van der Waals surface area contributed by atoms with Crippen LogP contribution in [0.1, 0.15) is 18.1 Å². The minimum Gasteiger partial charge on any atom is -0.493 e. The highest BCUT2D eigenvalue weighted by molar-refractivity contribution is 6.31. The first-order valence-corrected chi connectivity index (χ1v) is 4.30. The molecule has 2 rings (SSSR count). The van der Waals surface area contributed by atoms with E-state index in [1.165, 1.54) is 0 Å². The van der Waals surface area contributed by atoms with Gasteiger partial charge in [-0.05, 0) is 12.1 Å². The summed E-state index contributed by atoms with van der Waals surface area (Å²) in [5.74, 6) is 0. The second-order valence-electron chi connectivity index (χ2n) is 2.75. The van der Waals surface area contributed by atoms with Gasteiger partial charge < -0.3 is 4.74 Å². The lowest BCUT2D eigenvalue weighted by atomic mass is 10.1. The quantitative estimate of drug-likeness (QED) is 0.644. The molecule has 0 amide bonds. The second kappa shape index (κ2) is 3.20. The van der Waals surface area contributed by atoms with E-state index in [2.05, 4.69) is 0 Å². The number of halogens is 1. The van der Waals surface area contributed by atoms with Gasteiger partial charge in [-0.15, -0.1) is 0 Å². The molecular weight excluding hydrogens is 172 g/mol. The normalized spacial score (nSPS) is 20.9. The van der Waals surface area contributed by atoms with Crippen molar-refractivity contribution < 1.29 is 4.74 Å². The number of hydrogen-bond donors (Lipinski definition) is 0. The first-order chi connectivity index (χ1) is 5.88. The lowest BCUT2D eigenvalue weighted by Gasteiger charge is -2.11. The predicted molar refractivity (Wildman–Crippen MR) is 49.0 cm³/mol. The van der Waals surface area contributed by atoms with Gasteiger partial charge in [0.2, 0.25) is 0 Å². The summed E-state index contributed by atoms with van der Waals surface area (Å²) < 4.78 is 5.35. The Labute approximate surface area is 76.6 Å². The van der Waals surface area contributed by atoms with Gasteiger partial charge in [-0.2, -0.15) is 0 Å². The van der Waals surface area contributed by atoms with E-state index in [1.54, 1.807) is 6.26 Å². The van der Waals surface area contributed by atoms with Crippen LogP contribution in [-0.2, 0) is 4.74 Å². The molecule has 0 bridgehead atoms. The molecule has 0 spiro atoms. The monoisotopic (exact) mass is 180 g/mol. The van der Waals surface area contributed by atoms with Crippen LogP contribution in [0.25, 0.3) is 0 Å².